The molecule has 1 aliphatic rings. The maximum Gasteiger partial charge on any atom is 0.251 e. The highest BCUT2D eigenvalue weighted by Crippen LogP contribution is 2.42. The van der Waals surface area contributed by atoms with Gasteiger partial charge in [-0.1, -0.05) is 60.7 Å². The Balaban J connectivity index is 1.60. The average Bonchev–Trinajstić information content (AvgIpc) is 3.49. The van der Waals surface area contributed by atoms with Crippen LogP contribution in [0.4, 0.5) is 5.69 Å². The smallest absolute Gasteiger partial charge is 0.251 e. The van der Waals surface area contributed by atoms with Gasteiger partial charge in [0.05, 0.1) is 27.8 Å². The van der Waals surface area contributed by atoms with Gasteiger partial charge in [-0.05, 0) is 41.0 Å². The van der Waals surface area contributed by atoms with Crippen molar-refractivity contribution < 1.29 is 33.3 Å². The third kappa shape index (κ3) is 6.25. The lowest BCUT2D eigenvalue weighted by Gasteiger charge is -2.32. The van der Waals surface area contributed by atoms with Crippen molar-refractivity contribution in [1.82, 2.24) is 4.90 Å². The van der Waals surface area contributed by atoms with Crippen LogP contribution in [0.3, 0.4) is 0 Å². The first kappa shape index (κ1) is 28.4. The zero-order chi connectivity index (χ0) is 29.5. The minimum absolute atomic E-state index is 0.103. The lowest BCUT2D eigenvalue weighted by atomic mass is 10.00. The van der Waals surface area contributed by atoms with Crippen LogP contribution in [0.2, 0.25) is 0 Å². The van der Waals surface area contributed by atoms with Crippen LogP contribution in [-0.2, 0) is 22.6 Å². The number of anilines is 1. The van der Waals surface area contributed by atoms with Crippen molar-refractivity contribution in [2.45, 2.75) is 19.0 Å². The van der Waals surface area contributed by atoms with E-state index in [0.29, 0.717) is 40.0 Å². The van der Waals surface area contributed by atoms with E-state index in [9.17, 15) is 9.59 Å². The molecule has 0 saturated heterocycles. The van der Waals surface area contributed by atoms with Gasteiger partial charge in [0.1, 0.15) is 6.04 Å². The zero-order valence-electron chi connectivity index (χ0n) is 23.7. The number of nitrogens with one attached hydrogen (secondary N) is 1. The van der Waals surface area contributed by atoms with Crippen molar-refractivity contribution in [2.75, 3.05) is 33.4 Å². The molecular weight excluding hydrogens is 536 g/mol. The highest BCUT2D eigenvalue weighted by Gasteiger charge is 2.34. The summed E-state index contributed by atoms with van der Waals surface area (Å²) in [4.78, 5) is 29.9. The molecule has 2 amide bonds. The van der Waals surface area contributed by atoms with Gasteiger partial charge in [-0.2, -0.15) is 0 Å². The minimum atomic E-state index is -1.07. The molecule has 0 fully saturated rings. The Labute approximate surface area is 244 Å². The second-order valence-electron chi connectivity index (χ2n) is 9.59. The number of hydrogen-bond donors (Lipinski definition) is 1. The highest BCUT2D eigenvalue weighted by molar-refractivity contribution is 5.98. The minimum Gasteiger partial charge on any atom is -0.493 e. The first-order valence-corrected chi connectivity index (χ1v) is 13.4. The van der Waals surface area contributed by atoms with Crippen LogP contribution in [0.25, 0.3) is 0 Å². The first-order valence-electron chi connectivity index (χ1n) is 13.4. The topological polar surface area (TPSA) is 95.6 Å². The number of benzene rings is 4. The molecule has 42 heavy (non-hydrogen) atoms. The molecule has 0 radical (unpaired) electrons. The molecule has 1 heterocycles. The van der Waals surface area contributed by atoms with E-state index < -0.39 is 11.9 Å². The Bertz CT molecular complexity index is 1520. The summed E-state index contributed by atoms with van der Waals surface area (Å²) < 4.78 is 27.6. The molecule has 4 aromatic carbocycles. The number of amides is 2. The van der Waals surface area contributed by atoms with Gasteiger partial charge >= 0.3 is 0 Å². The fourth-order valence-electron chi connectivity index (χ4n) is 4.89. The molecule has 5 rings (SSSR count). The Kier molecular flexibility index (Phi) is 8.77. The number of carbonyl (C=O) groups is 2. The summed E-state index contributed by atoms with van der Waals surface area (Å²) in [7, 11) is 4.52. The standard InChI is InChI=1S/C33H32N2O7/c1-38-28-17-24(18-29(39-2)32(28)40-3)31(33(37)34-25-14-15-26-27(19-25)42-21-41-26)35(20-23-12-8-5-9-13-23)30(36)16-22-10-6-4-7-11-22/h4-15,17-19,31H,16,20-21H2,1-3H3,(H,34,37). The number of hydrogen-bond acceptors (Lipinski definition) is 7. The van der Waals surface area contributed by atoms with Gasteiger partial charge in [-0.25, -0.2) is 0 Å². The summed E-state index contributed by atoms with van der Waals surface area (Å²) in [5.74, 6) is 1.57. The Morgan fingerprint density at radius 1 is 0.786 bits per heavy atom. The maximum absolute atomic E-state index is 14.3. The van der Waals surface area contributed by atoms with Crippen LogP contribution in [0, 0.1) is 0 Å². The maximum atomic E-state index is 14.3. The van der Waals surface area contributed by atoms with Crippen LogP contribution in [0.15, 0.2) is 91.0 Å². The molecule has 1 unspecified atom stereocenters. The number of nitrogens with zero attached hydrogens (tertiary/aromatic N) is 1. The van der Waals surface area contributed by atoms with Gasteiger partial charge in [0, 0.05) is 18.3 Å². The van der Waals surface area contributed by atoms with Crippen LogP contribution in [0.1, 0.15) is 22.7 Å². The summed E-state index contributed by atoms with van der Waals surface area (Å²) in [5.41, 5.74) is 2.68. The van der Waals surface area contributed by atoms with Crippen molar-refractivity contribution in [1.29, 1.82) is 0 Å². The van der Waals surface area contributed by atoms with E-state index in [0.717, 1.165) is 11.1 Å². The van der Waals surface area contributed by atoms with Crippen LogP contribution >= 0.6 is 0 Å². The Hall–Kier alpha value is -5.18. The quantitative estimate of drug-likeness (QED) is 0.259. The number of carbonyl (C=O) groups excluding carboxylic acids is 2. The molecule has 4 aromatic rings. The molecule has 0 aliphatic carbocycles. The van der Waals surface area contributed by atoms with Crippen molar-refractivity contribution in [3.05, 3.63) is 108 Å². The van der Waals surface area contributed by atoms with Crippen LogP contribution < -0.4 is 29.0 Å². The fourth-order valence-corrected chi connectivity index (χ4v) is 4.89. The van der Waals surface area contributed by atoms with E-state index in [4.69, 9.17) is 23.7 Å². The third-order valence-corrected chi connectivity index (χ3v) is 6.92. The van der Waals surface area contributed by atoms with Crippen molar-refractivity contribution in [3.63, 3.8) is 0 Å². The van der Waals surface area contributed by atoms with Gasteiger partial charge in [-0.3, -0.25) is 9.59 Å². The Morgan fingerprint density at radius 2 is 1.40 bits per heavy atom. The molecule has 0 bridgehead atoms. The predicted molar refractivity (Wildman–Crippen MR) is 157 cm³/mol. The summed E-state index contributed by atoms with van der Waals surface area (Å²) in [5, 5.41) is 2.98. The average molecular weight is 569 g/mol. The van der Waals surface area contributed by atoms with Gasteiger partial charge < -0.3 is 33.9 Å². The van der Waals surface area contributed by atoms with Crippen molar-refractivity contribution in [3.8, 4) is 28.7 Å². The zero-order valence-corrected chi connectivity index (χ0v) is 23.7. The normalized spacial score (nSPS) is 12.3. The van der Waals surface area contributed by atoms with Crippen molar-refractivity contribution >= 4 is 17.5 Å². The van der Waals surface area contributed by atoms with Crippen LogP contribution in [0.5, 0.6) is 28.7 Å². The first-order chi connectivity index (χ1) is 20.5. The highest BCUT2D eigenvalue weighted by atomic mass is 16.7. The molecule has 1 atom stereocenters. The molecule has 216 valence electrons. The lowest BCUT2D eigenvalue weighted by Crippen LogP contribution is -2.41. The summed E-state index contributed by atoms with van der Waals surface area (Å²) in [6.07, 6.45) is 0.103. The summed E-state index contributed by atoms with van der Waals surface area (Å²) in [6, 6.07) is 26.5. The van der Waals surface area contributed by atoms with Gasteiger partial charge in [0.25, 0.3) is 5.91 Å². The van der Waals surface area contributed by atoms with E-state index in [1.165, 1.54) is 21.3 Å². The van der Waals surface area contributed by atoms with E-state index in [2.05, 4.69) is 5.32 Å². The van der Waals surface area contributed by atoms with Crippen LogP contribution in [-0.4, -0.2) is 44.8 Å². The number of fused-ring (bicyclic) bond motifs is 1. The number of rotatable bonds is 11. The molecule has 9 heteroatoms. The van der Waals surface area contributed by atoms with E-state index in [-0.39, 0.29) is 25.7 Å². The molecule has 1 aliphatic heterocycles. The van der Waals surface area contributed by atoms with E-state index >= 15 is 0 Å². The van der Waals surface area contributed by atoms with E-state index in [1.54, 1.807) is 35.2 Å². The number of ether oxygens (including phenoxy) is 5. The van der Waals surface area contributed by atoms with Gasteiger partial charge in [0.2, 0.25) is 18.4 Å². The largest absolute Gasteiger partial charge is 0.493 e. The fraction of sp³-hybridized carbons (Fsp3) is 0.212. The second-order valence-corrected chi connectivity index (χ2v) is 9.59. The molecule has 9 nitrogen and oxygen atoms in total. The van der Waals surface area contributed by atoms with E-state index in [1.807, 2.05) is 60.7 Å². The predicted octanol–water partition coefficient (Wildman–Crippen LogP) is 5.39. The molecule has 1 N–H and O–H groups in total. The number of methoxy groups -OCH3 is 3. The molecule has 0 aromatic heterocycles. The SMILES string of the molecule is COc1cc(C(C(=O)Nc2ccc3c(c2)OCO3)N(Cc2ccccc2)C(=O)Cc2ccccc2)cc(OC)c1OC. The lowest BCUT2D eigenvalue weighted by molar-refractivity contribution is -0.139. The Morgan fingerprint density at radius 3 is 2.02 bits per heavy atom. The molecule has 0 saturated carbocycles. The summed E-state index contributed by atoms with van der Waals surface area (Å²) >= 11 is 0. The second kappa shape index (κ2) is 13.0. The van der Waals surface area contributed by atoms with Crippen molar-refractivity contribution in [2.24, 2.45) is 0 Å². The monoisotopic (exact) mass is 568 g/mol. The van der Waals surface area contributed by atoms with Gasteiger partial charge in [-0.15, -0.1) is 0 Å². The molecule has 0 spiro atoms. The third-order valence-electron chi connectivity index (χ3n) is 6.92. The summed E-state index contributed by atoms with van der Waals surface area (Å²) in [6.45, 7) is 0.294. The van der Waals surface area contributed by atoms with Gasteiger partial charge in [0.15, 0.2) is 23.0 Å². The molecular formula is C33H32N2O7.